The van der Waals surface area contributed by atoms with E-state index in [4.69, 9.17) is 4.74 Å². The molecule has 0 radical (unpaired) electrons. The molecular formula is C12H23NO. The van der Waals surface area contributed by atoms with Gasteiger partial charge in [-0.2, -0.15) is 0 Å². The van der Waals surface area contributed by atoms with Crippen molar-refractivity contribution < 1.29 is 4.74 Å². The maximum atomic E-state index is 5.47. The van der Waals surface area contributed by atoms with E-state index in [1.54, 1.807) is 0 Å². The van der Waals surface area contributed by atoms with Crippen molar-refractivity contribution >= 4 is 0 Å². The SMILES string of the molecule is CC1(CNC2CCCOC2)CCCC1. The topological polar surface area (TPSA) is 21.3 Å². The molecule has 0 amide bonds. The van der Waals surface area contributed by atoms with Crippen molar-refractivity contribution in [1.29, 1.82) is 0 Å². The van der Waals surface area contributed by atoms with Crippen LogP contribution in [0.15, 0.2) is 0 Å². The van der Waals surface area contributed by atoms with E-state index in [-0.39, 0.29) is 0 Å². The molecule has 0 spiro atoms. The van der Waals surface area contributed by atoms with Crippen molar-refractivity contribution in [3.63, 3.8) is 0 Å². The first-order valence-electron chi connectivity index (χ1n) is 6.10. The van der Waals surface area contributed by atoms with Gasteiger partial charge in [-0.3, -0.25) is 0 Å². The second-order valence-electron chi connectivity index (χ2n) is 5.31. The molecule has 1 heterocycles. The highest BCUT2D eigenvalue weighted by Crippen LogP contribution is 2.36. The highest BCUT2D eigenvalue weighted by atomic mass is 16.5. The molecule has 1 unspecified atom stereocenters. The van der Waals surface area contributed by atoms with Gasteiger partial charge in [0.2, 0.25) is 0 Å². The Morgan fingerprint density at radius 2 is 2.07 bits per heavy atom. The number of hydrogen-bond acceptors (Lipinski definition) is 2. The van der Waals surface area contributed by atoms with Crippen molar-refractivity contribution in [3.05, 3.63) is 0 Å². The van der Waals surface area contributed by atoms with Gasteiger partial charge in [0.15, 0.2) is 0 Å². The lowest BCUT2D eigenvalue weighted by Crippen LogP contribution is -2.41. The van der Waals surface area contributed by atoms with Crippen LogP contribution in [0.1, 0.15) is 45.4 Å². The van der Waals surface area contributed by atoms with Gasteiger partial charge in [-0.15, -0.1) is 0 Å². The van der Waals surface area contributed by atoms with Gasteiger partial charge in [0, 0.05) is 19.2 Å². The third-order valence-electron chi connectivity index (χ3n) is 3.79. The van der Waals surface area contributed by atoms with Crippen molar-refractivity contribution in [1.82, 2.24) is 5.32 Å². The van der Waals surface area contributed by atoms with Crippen LogP contribution in [-0.2, 0) is 4.74 Å². The summed E-state index contributed by atoms with van der Waals surface area (Å²) in [5, 5.41) is 3.68. The zero-order chi connectivity index (χ0) is 9.86. The van der Waals surface area contributed by atoms with Gasteiger partial charge < -0.3 is 10.1 Å². The van der Waals surface area contributed by atoms with Gasteiger partial charge in [0.05, 0.1) is 6.61 Å². The Kier molecular flexibility index (Phi) is 3.45. The van der Waals surface area contributed by atoms with E-state index >= 15 is 0 Å². The highest BCUT2D eigenvalue weighted by Gasteiger charge is 2.29. The Labute approximate surface area is 87.4 Å². The summed E-state index contributed by atoms with van der Waals surface area (Å²) >= 11 is 0. The summed E-state index contributed by atoms with van der Waals surface area (Å²) in [5.41, 5.74) is 0.581. The predicted molar refractivity (Wildman–Crippen MR) is 58.4 cm³/mol. The molecule has 1 aliphatic heterocycles. The van der Waals surface area contributed by atoms with E-state index in [1.165, 1.54) is 45.1 Å². The minimum Gasteiger partial charge on any atom is -0.380 e. The lowest BCUT2D eigenvalue weighted by molar-refractivity contribution is 0.0664. The molecule has 1 N–H and O–H groups in total. The maximum absolute atomic E-state index is 5.47. The molecule has 2 fully saturated rings. The lowest BCUT2D eigenvalue weighted by atomic mass is 9.88. The van der Waals surface area contributed by atoms with E-state index in [0.29, 0.717) is 11.5 Å². The molecule has 14 heavy (non-hydrogen) atoms. The fourth-order valence-corrected chi connectivity index (χ4v) is 2.70. The molecule has 0 aromatic carbocycles. The smallest absolute Gasteiger partial charge is 0.0619 e. The van der Waals surface area contributed by atoms with E-state index in [9.17, 15) is 0 Å². The molecule has 2 nitrogen and oxygen atoms in total. The quantitative estimate of drug-likeness (QED) is 0.750. The molecule has 2 heteroatoms. The van der Waals surface area contributed by atoms with Gasteiger partial charge in [-0.25, -0.2) is 0 Å². The van der Waals surface area contributed by atoms with Crippen molar-refractivity contribution in [3.8, 4) is 0 Å². The second-order valence-corrected chi connectivity index (χ2v) is 5.31. The van der Waals surface area contributed by atoms with Gasteiger partial charge in [-0.1, -0.05) is 19.8 Å². The fraction of sp³-hybridized carbons (Fsp3) is 1.00. The number of nitrogens with one attached hydrogen (secondary N) is 1. The van der Waals surface area contributed by atoms with Crippen molar-refractivity contribution in [2.24, 2.45) is 5.41 Å². The monoisotopic (exact) mass is 197 g/mol. The number of ether oxygens (including phenoxy) is 1. The summed E-state index contributed by atoms with van der Waals surface area (Å²) in [6, 6.07) is 0.626. The summed E-state index contributed by atoms with van der Waals surface area (Å²) in [7, 11) is 0. The zero-order valence-electron chi connectivity index (χ0n) is 9.35. The van der Waals surface area contributed by atoms with Crippen LogP contribution in [0.3, 0.4) is 0 Å². The van der Waals surface area contributed by atoms with Gasteiger partial charge in [0.25, 0.3) is 0 Å². The number of hydrogen-bond donors (Lipinski definition) is 1. The molecule has 0 bridgehead atoms. The summed E-state index contributed by atoms with van der Waals surface area (Å²) in [5.74, 6) is 0. The summed E-state index contributed by atoms with van der Waals surface area (Å²) in [6.45, 7) is 5.52. The van der Waals surface area contributed by atoms with Crippen LogP contribution in [-0.4, -0.2) is 25.8 Å². The molecule has 0 aromatic rings. The van der Waals surface area contributed by atoms with E-state index in [2.05, 4.69) is 12.2 Å². The molecule has 1 saturated carbocycles. The molecular weight excluding hydrogens is 174 g/mol. The minimum atomic E-state index is 0.581. The van der Waals surface area contributed by atoms with Gasteiger partial charge in [0.1, 0.15) is 0 Å². The Bertz CT molecular complexity index is 169. The normalized spacial score (nSPS) is 31.9. The number of rotatable bonds is 3. The molecule has 82 valence electrons. The molecule has 0 aromatic heterocycles. The predicted octanol–water partition coefficient (Wildman–Crippen LogP) is 2.34. The van der Waals surface area contributed by atoms with Crippen LogP contribution < -0.4 is 5.32 Å². The van der Waals surface area contributed by atoms with E-state index in [0.717, 1.165) is 13.2 Å². The average molecular weight is 197 g/mol. The van der Waals surface area contributed by atoms with Crippen molar-refractivity contribution in [2.75, 3.05) is 19.8 Å². The second kappa shape index (κ2) is 4.63. The summed E-state index contributed by atoms with van der Waals surface area (Å²) < 4.78 is 5.47. The molecule has 1 aliphatic carbocycles. The average Bonchev–Trinajstić information content (AvgIpc) is 2.65. The lowest BCUT2D eigenvalue weighted by Gasteiger charge is -2.29. The molecule has 2 aliphatic rings. The molecule has 1 saturated heterocycles. The van der Waals surface area contributed by atoms with E-state index in [1.807, 2.05) is 0 Å². The van der Waals surface area contributed by atoms with Crippen LogP contribution in [0.25, 0.3) is 0 Å². The first-order chi connectivity index (χ1) is 6.79. The van der Waals surface area contributed by atoms with Crippen LogP contribution in [0.5, 0.6) is 0 Å². The first kappa shape index (κ1) is 10.4. The Balaban J connectivity index is 1.70. The van der Waals surface area contributed by atoms with Gasteiger partial charge >= 0.3 is 0 Å². The van der Waals surface area contributed by atoms with Crippen molar-refractivity contribution in [2.45, 2.75) is 51.5 Å². The highest BCUT2D eigenvalue weighted by molar-refractivity contribution is 4.84. The van der Waals surface area contributed by atoms with Crippen LogP contribution in [0, 0.1) is 5.41 Å². The van der Waals surface area contributed by atoms with Crippen LogP contribution in [0.4, 0.5) is 0 Å². The summed E-state index contributed by atoms with van der Waals surface area (Å²) in [6.07, 6.45) is 8.21. The standard InChI is InChI=1S/C12H23NO/c1-12(6-2-3-7-12)10-13-11-5-4-8-14-9-11/h11,13H,2-10H2,1H3. The molecule has 1 atom stereocenters. The van der Waals surface area contributed by atoms with Crippen LogP contribution >= 0.6 is 0 Å². The summed E-state index contributed by atoms with van der Waals surface area (Å²) in [4.78, 5) is 0. The Hall–Kier alpha value is -0.0800. The Morgan fingerprint density at radius 1 is 1.29 bits per heavy atom. The first-order valence-corrected chi connectivity index (χ1v) is 6.10. The molecule has 2 rings (SSSR count). The third-order valence-corrected chi connectivity index (χ3v) is 3.79. The maximum Gasteiger partial charge on any atom is 0.0619 e. The Morgan fingerprint density at radius 3 is 2.71 bits per heavy atom. The van der Waals surface area contributed by atoms with Crippen LogP contribution in [0.2, 0.25) is 0 Å². The fourth-order valence-electron chi connectivity index (χ4n) is 2.70. The zero-order valence-corrected chi connectivity index (χ0v) is 9.35. The van der Waals surface area contributed by atoms with Gasteiger partial charge in [-0.05, 0) is 31.1 Å². The third kappa shape index (κ3) is 2.71. The minimum absolute atomic E-state index is 0.581. The van der Waals surface area contributed by atoms with E-state index < -0.39 is 0 Å². The largest absolute Gasteiger partial charge is 0.380 e.